The third kappa shape index (κ3) is 2.85. The monoisotopic (exact) mass is 313 g/mol. The third-order valence-corrected chi connectivity index (χ3v) is 4.19. The summed E-state index contributed by atoms with van der Waals surface area (Å²) in [5.41, 5.74) is -1.07. The molecule has 3 N–H and O–H groups in total. The lowest BCUT2D eigenvalue weighted by Crippen LogP contribution is -2.33. The Kier molecular flexibility index (Phi) is 3.66. The molecule has 0 aliphatic carbocycles. The summed E-state index contributed by atoms with van der Waals surface area (Å²) in [6, 6.07) is 3.52. The third-order valence-electron chi connectivity index (χ3n) is 2.80. The summed E-state index contributed by atoms with van der Waals surface area (Å²) in [5, 5.41) is 8.50. The van der Waals surface area contributed by atoms with E-state index in [0.717, 1.165) is 10.6 Å². The lowest BCUT2D eigenvalue weighted by Gasteiger charge is -2.06. The molecule has 0 saturated heterocycles. The first-order valence-corrected chi connectivity index (χ1v) is 7.15. The van der Waals surface area contributed by atoms with E-state index in [-0.39, 0.29) is 15.8 Å². The number of aliphatic carboxylic acids is 1. The number of fused-ring (bicyclic) bond motifs is 1. The van der Waals surface area contributed by atoms with E-state index in [1.807, 2.05) is 4.72 Å². The number of aromatic nitrogens is 2. The molecule has 0 saturated carbocycles. The highest BCUT2D eigenvalue weighted by Gasteiger charge is 2.17. The summed E-state index contributed by atoms with van der Waals surface area (Å²) in [4.78, 5) is 35.9. The molecule has 10 heteroatoms. The van der Waals surface area contributed by atoms with Gasteiger partial charge in [-0.3, -0.25) is 14.2 Å². The van der Waals surface area contributed by atoms with Crippen molar-refractivity contribution < 1.29 is 18.3 Å². The van der Waals surface area contributed by atoms with Gasteiger partial charge in [0.15, 0.2) is 0 Å². The van der Waals surface area contributed by atoms with E-state index in [1.165, 1.54) is 19.2 Å². The Morgan fingerprint density at radius 3 is 2.67 bits per heavy atom. The van der Waals surface area contributed by atoms with E-state index in [0.29, 0.717) is 0 Å². The number of H-pyrrole nitrogens is 1. The fourth-order valence-electron chi connectivity index (χ4n) is 1.69. The van der Waals surface area contributed by atoms with Crippen molar-refractivity contribution in [2.45, 2.75) is 4.90 Å². The molecule has 0 radical (unpaired) electrons. The second-order valence-corrected chi connectivity index (χ2v) is 5.99. The Labute approximate surface area is 117 Å². The number of hydrogen-bond donors (Lipinski definition) is 3. The van der Waals surface area contributed by atoms with Gasteiger partial charge in [0.1, 0.15) is 6.54 Å². The summed E-state index contributed by atoms with van der Waals surface area (Å²) in [6.45, 7) is -0.774. The van der Waals surface area contributed by atoms with Gasteiger partial charge in [0.05, 0.1) is 15.8 Å². The molecule has 0 aliphatic rings. The Bertz CT molecular complexity index is 941. The predicted octanol–water partition coefficient (Wildman–Crippen LogP) is -1.41. The number of rotatable bonds is 4. The molecule has 0 bridgehead atoms. The Morgan fingerprint density at radius 2 is 2.05 bits per heavy atom. The van der Waals surface area contributed by atoms with Crippen molar-refractivity contribution >= 4 is 26.9 Å². The van der Waals surface area contributed by atoms with Crippen molar-refractivity contribution in [3.8, 4) is 0 Å². The summed E-state index contributed by atoms with van der Waals surface area (Å²) in [6.07, 6.45) is 0. The molecule has 0 spiro atoms. The molecule has 112 valence electrons. The van der Waals surface area contributed by atoms with Crippen LogP contribution in [0.25, 0.3) is 10.9 Å². The number of aromatic amines is 1. The van der Waals surface area contributed by atoms with Crippen LogP contribution < -0.4 is 16.0 Å². The Hall–Kier alpha value is -2.46. The first-order chi connectivity index (χ1) is 9.72. The van der Waals surface area contributed by atoms with Crippen molar-refractivity contribution in [1.29, 1.82) is 0 Å². The number of carbonyl (C=O) groups is 1. The average Bonchev–Trinajstić information content (AvgIpc) is 2.42. The Balaban J connectivity index is 2.61. The highest BCUT2D eigenvalue weighted by molar-refractivity contribution is 7.89. The summed E-state index contributed by atoms with van der Waals surface area (Å²) >= 11 is 0. The van der Waals surface area contributed by atoms with Crippen molar-refractivity contribution in [3.63, 3.8) is 0 Å². The maximum Gasteiger partial charge on any atom is 0.328 e. The van der Waals surface area contributed by atoms with Gasteiger partial charge in [0.2, 0.25) is 10.0 Å². The van der Waals surface area contributed by atoms with E-state index in [4.69, 9.17) is 5.11 Å². The number of carboxylic acids is 1. The van der Waals surface area contributed by atoms with Gasteiger partial charge >= 0.3 is 11.7 Å². The molecule has 2 rings (SSSR count). The van der Waals surface area contributed by atoms with Crippen molar-refractivity contribution in [1.82, 2.24) is 14.3 Å². The standard InChI is InChI=1S/C11H11N3O6S/c1-14-10(17)7-4-6(2-3-8(7)13-11(14)18)21(19,20)12-5-9(15)16/h2-4,12H,5H2,1H3,(H,13,18)(H,15,16). The van der Waals surface area contributed by atoms with E-state index in [9.17, 15) is 22.8 Å². The number of benzene rings is 1. The molecule has 2 aromatic rings. The van der Waals surface area contributed by atoms with Gasteiger partial charge < -0.3 is 10.1 Å². The van der Waals surface area contributed by atoms with E-state index in [1.54, 1.807) is 0 Å². The molecule has 0 aliphatic heterocycles. The van der Waals surface area contributed by atoms with Gasteiger partial charge in [0, 0.05) is 7.05 Å². The van der Waals surface area contributed by atoms with Crippen LogP contribution in [0.1, 0.15) is 0 Å². The van der Waals surface area contributed by atoms with Crippen LogP contribution in [0.4, 0.5) is 0 Å². The number of nitrogens with one attached hydrogen (secondary N) is 2. The van der Waals surface area contributed by atoms with Crippen LogP contribution in [0.5, 0.6) is 0 Å². The maximum atomic E-state index is 11.9. The second-order valence-electron chi connectivity index (χ2n) is 4.22. The number of sulfonamides is 1. The molecule has 0 atom stereocenters. The predicted molar refractivity (Wildman–Crippen MR) is 72.6 cm³/mol. The molecule has 9 nitrogen and oxygen atoms in total. The van der Waals surface area contributed by atoms with Crippen LogP contribution in [-0.2, 0) is 21.9 Å². The van der Waals surface area contributed by atoms with Gasteiger partial charge in [-0.15, -0.1) is 0 Å². The van der Waals surface area contributed by atoms with E-state index < -0.39 is 33.8 Å². The molecule has 0 amide bonds. The van der Waals surface area contributed by atoms with Crippen LogP contribution in [0.3, 0.4) is 0 Å². The first kappa shape index (κ1) is 14.9. The summed E-state index contributed by atoms with van der Waals surface area (Å²) in [7, 11) is -2.80. The fourth-order valence-corrected chi connectivity index (χ4v) is 2.69. The van der Waals surface area contributed by atoms with Gasteiger partial charge in [-0.2, -0.15) is 4.72 Å². The zero-order valence-electron chi connectivity index (χ0n) is 10.8. The van der Waals surface area contributed by atoms with Crippen LogP contribution in [-0.4, -0.2) is 35.6 Å². The quantitative estimate of drug-likeness (QED) is 0.634. The highest BCUT2D eigenvalue weighted by atomic mass is 32.2. The lowest BCUT2D eigenvalue weighted by molar-refractivity contribution is -0.135. The Morgan fingerprint density at radius 1 is 1.38 bits per heavy atom. The lowest BCUT2D eigenvalue weighted by atomic mass is 10.2. The maximum absolute atomic E-state index is 11.9. The van der Waals surface area contributed by atoms with Crippen LogP contribution in [0.15, 0.2) is 32.7 Å². The fraction of sp³-hybridized carbons (Fsp3) is 0.182. The number of hydrogen-bond acceptors (Lipinski definition) is 5. The molecular weight excluding hydrogens is 302 g/mol. The van der Waals surface area contributed by atoms with Gasteiger partial charge in [-0.25, -0.2) is 13.2 Å². The minimum atomic E-state index is -4.06. The summed E-state index contributed by atoms with van der Waals surface area (Å²) < 4.78 is 26.5. The first-order valence-electron chi connectivity index (χ1n) is 5.67. The minimum absolute atomic E-state index is 0.00954. The van der Waals surface area contributed by atoms with Crippen molar-refractivity contribution in [2.75, 3.05) is 6.54 Å². The molecule has 1 aromatic heterocycles. The van der Waals surface area contributed by atoms with Crippen LogP contribution in [0.2, 0.25) is 0 Å². The van der Waals surface area contributed by atoms with Gasteiger partial charge in [0.25, 0.3) is 5.56 Å². The van der Waals surface area contributed by atoms with Crippen LogP contribution in [0, 0.1) is 0 Å². The minimum Gasteiger partial charge on any atom is -0.480 e. The topological polar surface area (TPSA) is 138 Å². The smallest absolute Gasteiger partial charge is 0.328 e. The van der Waals surface area contributed by atoms with E-state index in [2.05, 4.69) is 4.98 Å². The van der Waals surface area contributed by atoms with E-state index >= 15 is 0 Å². The molecule has 1 aromatic carbocycles. The van der Waals surface area contributed by atoms with Crippen molar-refractivity contribution in [2.24, 2.45) is 7.05 Å². The number of carboxylic acid groups (broad SMARTS) is 1. The van der Waals surface area contributed by atoms with Gasteiger partial charge in [-0.1, -0.05) is 0 Å². The summed E-state index contributed by atoms with van der Waals surface area (Å²) in [5.74, 6) is -1.33. The van der Waals surface area contributed by atoms with Gasteiger partial charge in [-0.05, 0) is 18.2 Å². The van der Waals surface area contributed by atoms with Crippen LogP contribution >= 0.6 is 0 Å². The zero-order chi connectivity index (χ0) is 15.8. The normalized spacial score (nSPS) is 11.7. The highest BCUT2D eigenvalue weighted by Crippen LogP contribution is 2.13. The molecule has 21 heavy (non-hydrogen) atoms. The molecule has 0 unspecified atom stereocenters. The largest absolute Gasteiger partial charge is 0.480 e. The molecular formula is C11H11N3O6S. The second kappa shape index (κ2) is 5.14. The average molecular weight is 313 g/mol. The molecule has 1 heterocycles. The zero-order valence-corrected chi connectivity index (χ0v) is 11.6. The van der Waals surface area contributed by atoms with Crippen molar-refractivity contribution in [3.05, 3.63) is 39.0 Å². The number of nitrogens with zero attached hydrogens (tertiary/aromatic N) is 1. The molecule has 0 fully saturated rings. The SMILES string of the molecule is Cn1c(=O)[nH]c2ccc(S(=O)(=O)NCC(=O)O)cc2c1=O.